The predicted molar refractivity (Wildman–Crippen MR) is 59.5 cm³/mol. The number of rotatable bonds is 2. The van der Waals surface area contributed by atoms with Gasteiger partial charge in [-0.2, -0.15) is 0 Å². The zero-order valence-corrected chi connectivity index (χ0v) is 10.7. The topological polar surface area (TPSA) is 0 Å². The molecule has 0 radical (unpaired) electrons. The molecule has 1 rings (SSSR count). The Labute approximate surface area is 96.2 Å². The Morgan fingerprint density at radius 2 is 1.75 bits per heavy atom. The van der Waals surface area contributed by atoms with Gasteiger partial charge in [-0.15, -0.1) is 0 Å². The number of benzene rings is 1. The zero-order chi connectivity index (χ0) is 8.97. The fraction of sp³-hybridized carbons (Fsp3) is 0. The van der Waals surface area contributed by atoms with Crippen molar-refractivity contribution >= 4 is 58.6 Å². The van der Waals surface area contributed by atoms with E-state index < -0.39 is 0 Å². The molecule has 0 aliphatic carbocycles. The Morgan fingerprint density at radius 3 is 2.25 bits per heavy atom. The molecule has 0 aromatic heterocycles. The monoisotopic (exact) mass is 330 g/mol. The normalized spacial score (nSPS) is 12.6. The first kappa shape index (κ1) is 10.6. The molecule has 0 spiro atoms. The summed E-state index contributed by atoms with van der Waals surface area (Å²) in [4.78, 5) is 0. The van der Waals surface area contributed by atoms with Crippen LogP contribution in [0.2, 0.25) is 0 Å². The minimum atomic E-state index is 0.114. The Kier molecular flexibility index (Phi) is 4.70. The van der Waals surface area contributed by atoms with Crippen LogP contribution in [0.3, 0.4) is 0 Å². The van der Waals surface area contributed by atoms with E-state index in [9.17, 15) is 0 Å². The van der Waals surface area contributed by atoms with Crippen molar-refractivity contribution in [3.8, 4) is 0 Å². The molecule has 1 aromatic carbocycles. The third-order valence-corrected chi connectivity index (χ3v) is 5.31. The number of hydrogen-bond acceptors (Lipinski definition) is 0. The summed E-state index contributed by atoms with van der Waals surface area (Å²) in [5.74, 6) is 0. The van der Waals surface area contributed by atoms with Crippen LogP contribution in [-0.4, -0.2) is 15.0 Å². The van der Waals surface area contributed by atoms with E-state index in [0.29, 0.717) is 7.87 Å². The van der Waals surface area contributed by atoms with Crippen LogP contribution in [0.15, 0.2) is 38.2 Å². The molecule has 0 amide bonds. The van der Waals surface area contributed by atoms with Gasteiger partial charge in [0, 0.05) is 0 Å². The first-order chi connectivity index (χ1) is 5.70. The van der Waals surface area contributed by atoms with E-state index in [0.717, 1.165) is 0 Å². The molecular formula is C8H5BrCl2Se. The van der Waals surface area contributed by atoms with E-state index in [4.69, 9.17) is 23.2 Å². The van der Waals surface area contributed by atoms with Crippen molar-refractivity contribution in [2.75, 3.05) is 0 Å². The van der Waals surface area contributed by atoms with Crippen molar-refractivity contribution in [3.05, 3.63) is 38.2 Å². The summed E-state index contributed by atoms with van der Waals surface area (Å²) >= 11 is 14.8. The van der Waals surface area contributed by atoms with E-state index in [1.54, 1.807) is 0 Å². The van der Waals surface area contributed by atoms with E-state index >= 15 is 0 Å². The van der Waals surface area contributed by atoms with Crippen LogP contribution >= 0.6 is 39.1 Å². The Bertz CT molecular complexity index is 280. The van der Waals surface area contributed by atoms with Crippen molar-refractivity contribution in [3.63, 3.8) is 0 Å². The molecule has 0 fully saturated rings. The fourth-order valence-electron chi connectivity index (χ4n) is 0.631. The second-order valence-electron chi connectivity index (χ2n) is 1.95. The maximum absolute atomic E-state index is 5.88. The van der Waals surface area contributed by atoms with Gasteiger partial charge >= 0.3 is 96.8 Å². The van der Waals surface area contributed by atoms with Crippen molar-refractivity contribution in [1.82, 2.24) is 0 Å². The summed E-state index contributed by atoms with van der Waals surface area (Å²) in [6.07, 6.45) is 0. The van der Waals surface area contributed by atoms with Crippen LogP contribution in [0.4, 0.5) is 0 Å². The molecule has 12 heavy (non-hydrogen) atoms. The van der Waals surface area contributed by atoms with Gasteiger partial charge < -0.3 is 0 Å². The average Bonchev–Trinajstić information content (AvgIpc) is 2.06. The summed E-state index contributed by atoms with van der Waals surface area (Å²) in [6, 6.07) is 10.0. The van der Waals surface area contributed by atoms with Crippen LogP contribution in [0.5, 0.6) is 0 Å². The second-order valence-corrected chi connectivity index (χ2v) is 6.74. The van der Waals surface area contributed by atoms with Crippen LogP contribution < -0.4 is 4.46 Å². The molecule has 0 saturated carbocycles. The standard InChI is InChI=1S/C8H5BrCl2Se/c9-7(10)8(11)12-6-4-2-1-3-5-6/h1-5H/b8-7+. The van der Waals surface area contributed by atoms with Gasteiger partial charge in [-0.3, -0.25) is 0 Å². The van der Waals surface area contributed by atoms with Gasteiger partial charge in [0.2, 0.25) is 0 Å². The summed E-state index contributed by atoms with van der Waals surface area (Å²) < 4.78 is 2.41. The molecule has 0 atom stereocenters. The molecule has 0 unspecified atom stereocenters. The molecule has 1 aromatic rings. The van der Waals surface area contributed by atoms with Gasteiger partial charge in [0.15, 0.2) is 0 Å². The SMILES string of the molecule is Cl/C(Br)=C(\Cl)[Se]c1ccccc1. The third-order valence-electron chi connectivity index (χ3n) is 1.10. The zero-order valence-electron chi connectivity index (χ0n) is 5.93. The first-order valence-electron chi connectivity index (χ1n) is 3.14. The van der Waals surface area contributed by atoms with Gasteiger partial charge in [0.25, 0.3) is 0 Å². The van der Waals surface area contributed by atoms with E-state index in [1.165, 1.54) is 4.46 Å². The van der Waals surface area contributed by atoms with E-state index in [-0.39, 0.29) is 15.0 Å². The quantitative estimate of drug-likeness (QED) is 0.731. The Morgan fingerprint density at radius 1 is 1.17 bits per heavy atom. The van der Waals surface area contributed by atoms with Gasteiger partial charge in [-0.25, -0.2) is 0 Å². The van der Waals surface area contributed by atoms with Crippen LogP contribution in [0.25, 0.3) is 0 Å². The average molecular weight is 331 g/mol. The summed E-state index contributed by atoms with van der Waals surface area (Å²) in [6.45, 7) is 0. The Hall–Kier alpha value is 0.539. The van der Waals surface area contributed by atoms with Crippen molar-refractivity contribution in [2.24, 2.45) is 0 Å². The molecule has 0 saturated heterocycles. The van der Waals surface area contributed by atoms with E-state index in [2.05, 4.69) is 15.9 Å². The van der Waals surface area contributed by atoms with Crippen LogP contribution in [-0.2, 0) is 0 Å². The molecule has 0 heterocycles. The van der Waals surface area contributed by atoms with Gasteiger partial charge in [0.05, 0.1) is 0 Å². The number of hydrogen-bond donors (Lipinski definition) is 0. The fourth-order valence-corrected chi connectivity index (χ4v) is 2.93. The molecule has 4 heteroatoms. The van der Waals surface area contributed by atoms with Crippen molar-refractivity contribution in [2.45, 2.75) is 0 Å². The van der Waals surface area contributed by atoms with Gasteiger partial charge in [-0.05, 0) is 0 Å². The Balaban J connectivity index is 2.72. The molecule has 0 aliphatic heterocycles. The maximum atomic E-state index is 5.88. The molecule has 0 bridgehead atoms. The number of halogens is 3. The van der Waals surface area contributed by atoms with Crippen molar-refractivity contribution < 1.29 is 0 Å². The van der Waals surface area contributed by atoms with E-state index in [1.807, 2.05) is 30.3 Å². The summed E-state index contributed by atoms with van der Waals surface area (Å²) in [5, 5.41) is 0. The van der Waals surface area contributed by atoms with Gasteiger partial charge in [0.1, 0.15) is 0 Å². The third kappa shape index (κ3) is 3.51. The predicted octanol–water partition coefficient (Wildman–Crippen LogP) is 3.02. The molecule has 0 N–H and O–H groups in total. The molecular weight excluding hydrogens is 326 g/mol. The molecule has 0 nitrogen and oxygen atoms in total. The summed E-state index contributed by atoms with van der Waals surface area (Å²) in [5.41, 5.74) is 0. The van der Waals surface area contributed by atoms with Gasteiger partial charge in [-0.1, -0.05) is 0 Å². The van der Waals surface area contributed by atoms with Crippen molar-refractivity contribution in [1.29, 1.82) is 0 Å². The molecule has 64 valence electrons. The first-order valence-corrected chi connectivity index (χ1v) is 6.40. The van der Waals surface area contributed by atoms with Crippen LogP contribution in [0, 0.1) is 0 Å². The van der Waals surface area contributed by atoms with Crippen LogP contribution in [0.1, 0.15) is 0 Å². The summed E-state index contributed by atoms with van der Waals surface area (Å²) in [7, 11) is 0. The molecule has 0 aliphatic rings. The minimum absolute atomic E-state index is 0.114. The second kappa shape index (κ2) is 5.31.